The van der Waals surface area contributed by atoms with Gasteiger partial charge in [-0.2, -0.15) is 0 Å². The first-order valence-corrected chi connectivity index (χ1v) is 9.43. The Morgan fingerprint density at radius 3 is 2.32 bits per heavy atom. The van der Waals surface area contributed by atoms with Crippen LogP contribution in [0.1, 0.15) is 23.7 Å². The molecule has 0 radical (unpaired) electrons. The molecular formula is C21H25N3O4. The topological polar surface area (TPSA) is 90.9 Å². The normalized spacial score (nSPS) is 15.0. The molecule has 0 aromatic heterocycles. The average molecular weight is 383 g/mol. The summed E-state index contributed by atoms with van der Waals surface area (Å²) in [6.07, 6.45) is -0.507. The molecule has 2 aromatic rings. The Hall–Kier alpha value is -3.06. The van der Waals surface area contributed by atoms with Gasteiger partial charge in [0.25, 0.3) is 5.91 Å². The summed E-state index contributed by atoms with van der Waals surface area (Å²) in [4.78, 5) is 25.8. The molecular weight excluding hydrogens is 358 g/mol. The van der Waals surface area contributed by atoms with Crippen molar-refractivity contribution in [2.24, 2.45) is 0 Å². The fraction of sp³-hybridized carbons (Fsp3) is 0.333. The molecule has 0 aliphatic carbocycles. The van der Waals surface area contributed by atoms with E-state index in [-0.39, 0.29) is 5.91 Å². The minimum absolute atomic E-state index is 0.197. The molecule has 1 amide bonds. The predicted molar refractivity (Wildman–Crippen MR) is 108 cm³/mol. The van der Waals surface area contributed by atoms with Crippen LogP contribution in [0.25, 0.3) is 0 Å². The van der Waals surface area contributed by atoms with Crippen LogP contribution in [0.4, 0.5) is 11.4 Å². The van der Waals surface area contributed by atoms with Crippen molar-refractivity contribution in [2.45, 2.75) is 19.4 Å². The van der Waals surface area contributed by atoms with Gasteiger partial charge in [-0.05, 0) is 55.0 Å². The molecule has 2 aromatic carbocycles. The van der Waals surface area contributed by atoms with Crippen molar-refractivity contribution >= 4 is 23.3 Å². The molecule has 1 saturated heterocycles. The van der Waals surface area contributed by atoms with Gasteiger partial charge in [-0.1, -0.05) is 6.92 Å². The lowest BCUT2D eigenvalue weighted by molar-refractivity contribution is -0.145. The lowest BCUT2D eigenvalue weighted by Gasteiger charge is -2.29. The molecule has 7 heteroatoms. The summed E-state index contributed by atoms with van der Waals surface area (Å²) in [5, 5.41) is 15.2. The van der Waals surface area contributed by atoms with E-state index in [9.17, 15) is 9.59 Å². The number of rotatable bonds is 7. The fourth-order valence-corrected chi connectivity index (χ4v) is 3.04. The second-order valence-electron chi connectivity index (χ2n) is 6.62. The summed E-state index contributed by atoms with van der Waals surface area (Å²) < 4.78 is 5.42. The van der Waals surface area contributed by atoms with Crippen molar-refractivity contribution in [2.75, 3.05) is 36.4 Å². The Labute approximate surface area is 164 Å². The fourth-order valence-electron chi connectivity index (χ4n) is 3.04. The minimum atomic E-state index is -0.996. The zero-order valence-corrected chi connectivity index (χ0v) is 15.9. The minimum Gasteiger partial charge on any atom is -0.479 e. The summed E-state index contributed by atoms with van der Waals surface area (Å²) in [7, 11) is 0. The van der Waals surface area contributed by atoms with Crippen LogP contribution >= 0.6 is 0 Å². The number of hydrogen-bond acceptors (Lipinski definition) is 5. The summed E-state index contributed by atoms with van der Waals surface area (Å²) in [6.45, 7) is 5.60. The number of piperazine rings is 1. The maximum atomic E-state index is 12.5. The highest BCUT2D eigenvalue weighted by atomic mass is 16.5. The van der Waals surface area contributed by atoms with Crippen LogP contribution in [-0.2, 0) is 4.79 Å². The van der Waals surface area contributed by atoms with Gasteiger partial charge in [0.05, 0.1) is 0 Å². The van der Waals surface area contributed by atoms with Gasteiger partial charge in [-0.15, -0.1) is 0 Å². The van der Waals surface area contributed by atoms with Gasteiger partial charge in [0.1, 0.15) is 5.75 Å². The van der Waals surface area contributed by atoms with Gasteiger partial charge in [-0.3, -0.25) is 4.79 Å². The zero-order chi connectivity index (χ0) is 19.9. The SMILES string of the molecule is CCC(Oc1ccc(NC(=O)c2ccc(N3CCNCC3)cc2)cc1)C(=O)O. The van der Waals surface area contributed by atoms with Gasteiger partial charge in [0, 0.05) is 43.1 Å². The van der Waals surface area contributed by atoms with Gasteiger partial charge < -0.3 is 25.4 Å². The molecule has 1 aliphatic rings. The van der Waals surface area contributed by atoms with E-state index in [0.717, 1.165) is 31.9 Å². The smallest absolute Gasteiger partial charge is 0.344 e. The van der Waals surface area contributed by atoms with E-state index in [4.69, 9.17) is 9.84 Å². The van der Waals surface area contributed by atoms with Crippen LogP contribution in [-0.4, -0.2) is 49.3 Å². The molecule has 1 atom stereocenters. The monoisotopic (exact) mass is 383 g/mol. The highest BCUT2D eigenvalue weighted by Gasteiger charge is 2.16. The van der Waals surface area contributed by atoms with E-state index < -0.39 is 12.1 Å². The van der Waals surface area contributed by atoms with Crippen molar-refractivity contribution in [1.29, 1.82) is 0 Å². The molecule has 3 N–H and O–H groups in total. The first-order valence-electron chi connectivity index (χ1n) is 9.43. The van der Waals surface area contributed by atoms with Crippen molar-refractivity contribution in [3.8, 4) is 5.75 Å². The third-order valence-corrected chi connectivity index (χ3v) is 4.65. The number of ether oxygens (including phenoxy) is 1. The largest absolute Gasteiger partial charge is 0.479 e. The Kier molecular flexibility index (Phi) is 6.49. The lowest BCUT2D eigenvalue weighted by atomic mass is 10.1. The number of nitrogens with one attached hydrogen (secondary N) is 2. The molecule has 1 unspecified atom stereocenters. The summed E-state index contributed by atoms with van der Waals surface area (Å²) in [5.41, 5.74) is 2.31. The number of nitrogens with zero attached hydrogens (tertiary/aromatic N) is 1. The molecule has 28 heavy (non-hydrogen) atoms. The highest BCUT2D eigenvalue weighted by molar-refractivity contribution is 6.04. The van der Waals surface area contributed by atoms with Crippen molar-refractivity contribution in [3.05, 3.63) is 54.1 Å². The number of anilines is 2. The Morgan fingerprint density at radius 2 is 1.75 bits per heavy atom. The van der Waals surface area contributed by atoms with Crippen LogP contribution in [0, 0.1) is 0 Å². The number of carboxylic acids is 1. The van der Waals surface area contributed by atoms with Crippen LogP contribution in [0.2, 0.25) is 0 Å². The molecule has 1 heterocycles. The number of carbonyl (C=O) groups excluding carboxylic acids is 1. The first-order chi connectivity index (χ1) is 13.6. The van der Waals surface area contributed by atoms with E-state index in [1.165, 1.54) is 0 Å². The third kappa shape index (κ3) is 5.01. The van der Waals surface area contributed by atoms with Gasteiger partial charge in [0.2, 0.25) is 0 Å². The molecule has 148 valence electrons. The van der Waals surface area contributed by atoms with Crippen LogP contribution in [0.15, 0.2) is 48.5 Å². The molecule has 0 spiro atoms. The number of benzene rings is 2. The summed E-state index contributed by atoms with van der Waals surface area (Å²) in [6, 6.07) is 14.3. The third-order valence-electron chi connectivity index (χ3n) is 4.65. The molecule has 0 saturated carbocycles. The average Bonchev–Trinajstić information content (AvgIpc) is 2.73. The van der Waals surface area contributed by atoms with Crippen LogP contribution < -0.4 is 20.3 Å². The van der Waals surface area contributed by atoms with Gasteiger partial charge in [0.15, 0.2) is 6.10 Å². The maximum Gasteiger partial charge on any atom is 0.344 e. The van der Waals surface area contributed by atoms with E-state index >= 15 is 0 Å². The number of hydrogen-bond donors (Lipinski definition) is 3. The zero-order valence-electron chi connectivity index (χ0n) is 15.9. The summed E-state index contributed by atoms with van der Waals surface area (Å²) in [5.74, 6) is -0.741. The van der Waals surface area contributed by atoms with Crippen molar-refractivity contribution in [3.63, 3.8) is 0 Å². The highest BCUT2D eigenvalue weighted by Crippen LogP contribution is 2.20. The van der Waals surface area contributed by atoms with E-state index in [1.54, 1.807) is 31.2 Å². The molecule has 3 rings (SSSR count). The number of carbonyl (C=O) groups is 2. The molecule has 1 fully saturated rings. The maximum absolute atomic E-state index is 12.5. The van der Waals surface area contributed by atoms with Gasteiger partial charge >= 0.3 is 5.97 Å². The number of amides is 1. The van der Waals surface area contributed by atoms with E-state index in [2.05, 4.69) is 15.5 Å². The number of carboxylic acid groups (broad SMARTS) is 1. The standard InChI is InChI=1S/C21H25N3O4/c1-2-19(21(26)27)28-18-9-5-16(6-10-18)23-20(25)15-3-7-17(8-4-15)24-13-11-22-12-14-24/h3-10,19,22H,2,11-14H2,1H3,(H,23,25)(H,26,27). The number of aliphatic carboxylic acids is 1. The summed E-state index contributed by atoms with van der Waals surface area (Å²) >= 11 is 0. The second-order valence-corrected chi connectivity index (χ2v) is 6.62. The quantitative estimate of drug-likeness (QED) is 0.681. The molecule has 7 nitrogen and oxygen atoms in total. The Morgan fingerprint density at radius 1 is 1.11 bits per heavy atom. The lowest BCUT2D eigenvalue weighted by Crippen LogP contribution is -2.43. The molecule has 0 bridgehead atoms. The van der Waals surface area contributed by atoms with Crippen molar-refractivity contribution < 1.29 is 19.4 Å². The van der Waals surface area contributed by atoms with E-state index in [0.29, 0.717) is 23.4 Å². The van der Waals surface area contributed by atoms with E-state index in [1.807, 2.05) is 24.3 Å². The van der Waals surface area contributed by atoms with Crippen LogP contribution in [0.3, 0.4) is 0 Å². The van der Waals surface area contributed by atoms with Gasteiger partial charge in [-0.25, -0.2) is 4.79 Å². The second kappa shape index (κ2) is 9.23. The van der Waals surface area contributed by atoms with Crippen molar-refractivity contribution in [1.82, 2.24) is 5.32 Å². The first kappa shape index (κ1) is 19.7. The molecule has 1 aliphatic heterocycles. The van der Waals surface area contributed by atoms with Crippen LogP contribution in [0.5, 0.6) is 5.75 Å². The Bertz CT molecular complexity index is 799. The Balaban J connectivity index is 1.58. The predicted octanol–water partition coefficient (Wildman–Crippen LogP) is 2.59.